The first-order valence-corrected chi connectivity index (χ1v) is 4.39. The molecule has 13 heavy (non-hydrogen) atoms. The molecular weight excluding hydrogens is 165 g/mol. The second-order valence-electron chi connectivity index (χ2n) is 3.47. The summed E-state index contributed by atoms with van der Waals surface area (Å²) in [7, 11) is 0. The first kappa shape index (κ1) is 8.45. The minimum Gasteiger partial charge on any atom is -0.321 e. The van der Waals surface area contributed by atoms with Gasteiger partial charge in [-0.15, -0.1) is 0 Å². The van der Waals surface area contributed by atoms with Crippen molar-refractivity contribution in [1.29, 1.82) is 0 Å². The van der Waals surface area contributed by atoms with Crippen LogP contribution in [0.4, 0.5) is 4.39 Å². The van der Waals surface area contributed by atoms with E-state index in [1.165, 1.54) is 11.6 Å². The van der Waals surface area contributed by atoms with Crippen molar-refractivity contribution in [3.8, 4) is 0 Å². The predicted molar refractivity (Wildman–Crippen MR) is 50.8 cm³/mol. The Kier molecular flexibility index (Phi) is 1.93. The van der Waals surface area contributed by atoms with Crippen molar-refractivity contribution in [2.24, 2.45) is 5.73 Å². The average molecular weight is 177 g/mol. The zero-order chi connectivity index (χ0) is 9.42. The topological polar surface area (TPSA) is 26.0 Å². The maximum Gasteiger partial charge on any atom is 0.126 e. The van der Waals surface area contributed by atoms with E-state index in [9.17, 15) is 4.39 Å². The molecule has 0 saturated carbocycles. The lowest BCUT2D eigenvalue weighted by molar-refractivity contribution is 0.614. The lowest BCUT2D eigenvalue weighted by Crippen LogP contribution is -2.09. The highest BCUT2D eigenvalue weighted by atomic mass is 19.1. The Balaban J connectivity index is 2.30. The van der Waals surface area contributed by atoms with Crippen LogP contribution in [-0.2, 0) is 0 Å². The lowest BCUT2D eigenvalue weighted by atomic mass is 10.0. The minimum absolute atomic E-state index is 0.102. The highest BCUT2D eigenvalue weighted by molar-refractivity contribution is 5.37. The largest absolute Gasteiger partial charge is 0.321 e. The third kappa shape index (κ3) is 1.63. The van der Waals surface area contributed by atoms with Gasteiger partial charge in [0.25, 0.3) is 0 Å². The van der Waals surface area contributed by atoms with E-state index >= 15 is 0 Å². The van der Waals surface area contributed by atoms with E-state index in [0.717, 1.165) is 12.0 Å². The molecule has 0 heterocycles. The van der Waals surface area contributed by atoms with Crippen LogP contribution in [-0.4, -0.2) is 0 Å². The Morgan fingerprint density at radius 1 is 1.46 bits per heavy atom. The van der Waals surface area contributed by atoms with Gasteiger partial charge in [-0.1, -0.05) is 18.2 Å². The predicted octanol–water partition coefficient (Wildman–Crippen LogP) is 2.46. The Hall–Kier alpha value is -1.15. The molecule has 1 aliphatic carbocycles. The first-order valence-electron chi connectivity index (χ1n) is 4.39. The molecule has 0 radical (unpaired) electrons. The first-order chi connectivity index (χ1) is 6.18. The van der Waals surface area contributed by atoms with Crippen molar-refractivity contribution in [3.63, 3.8) is 0 Å². The number of aryl methyl sites for hydroxylation is 1. The van der Waals surface area contributed by atoms with Gasteiger partial charge in [0.2, 0.25) is 0 Å². The van der Waals surface area contributed by atoms with E-state index in [1.54, 1.807) is 13.0 Å². The van der Waals surface area contributed by atoms with Crippen molar-refractivity contribution in [3.05, 3.63) is 46.8 Å². The van der Waals surface area contributed by atoms with Gasteiger partial charge in [-0.3, -0.25) is 0 Å². The Bertz CT molecular complexity index is 368. The molecular formula is C11H12FN. The Morgan fingerprint density at radius 2 is 2.15 bits per heavy atom. The number of benzene rings is 1. The number of hydrogen-bond acceptors (Lipinski definition) is 1. The summed E-state index contributed by atoms with van der Waals surface area (Å²) in [6.45, 7) is 1.75. The molecule has 0 aromatic heterocycles. The second-order valence-corrected chi connectivity index (χ2v) is 3.47. The molecule has 1 aromatic carbocycles. The standard InChI is InChI=1S/C11H12FN/c1-7-2-3-9(6-10(7)12)11(13)8-4-5-8/h2-4,6,11H,5,13H2,1H3/t11-/m1/s1. The normalized spacial score (nSPS) is 16.7. The number of rotatable bonds is 2. The Labute approximate surface area is 77.1 Å². The van der Waals surface area contributed by atoms with Crippen molar-refractivity contribution < 1.29 is 4.39 Å². The third-order valence-corrected chi connectivity index (χ3v) is 2.39. The van der Waals surface area contributed by atoms with E-state index in [1.807, 2.05) is 6.07 Å². The maximum absolute atomic E-state index is 13.1. The number of halogens is 1. The molecule has 0 aliphatic heterocycles. The highest BCUT2D eigenvalue weighted by Crippen LogP contribution is 2.31. The van der Waals surface area contributed by atoms with Gasteiger partial charge in [-0.25, -0.2) is 4.39 Å². The molecule has 1 aromatic rings. The molecule has 68 valence electrons. The molecule has 0 bridgehead atoms. The van der Waals surface area contributed by atoms with Crippen molar-refractivity contribution in [2.45, 2.75) is 19.4 Å². The zero-order valence-electron chi connectivity index (χ0n) is 7.55. The highest BCUT2D eigenvalue weighted by Gasteiger charge is 2.18. The molecule has 0 unspecified atom stereocenters. The van der Waals surface area contributed by atoms with Crippen LogP contribution in [0.3, 0.4) is 0 Å². The van der Waals surface area contributed by atoms with Crippen LogP contribution in [0.15, 0.2) is 29.8 Å². The zero-order valence-corrected chi connectivity index (χ0v) is 7.55. The van der Waals surface area contributed by atoms with Gasteiger partial charge in [0.15, 0.2) is 0 Å². The summed E-state index contributed by atoms with van der Waals surface area (Å²) in [6.07, 6.45) is 3.05. The molecule has 0 amide bonds. The van der Waals surface area contributed by atoms with Crippen LogP contribution in [0.5, 0.6) is 0 Å². The fraction of sp³-hybridized carbons (Fsp3) is 0.273. The summed E-state index contributed by atoms with van der Waals surface area (Å²) in [5, 5.41) is 0. The fourth-order valence-corrected chi connectivity index (χ4v) is 1.33. The van der Waals surface area contributed by atoms with Gasteiger partial charge >= 0.3 is 0 Å². The maximum atomic E-state index is 13.1. The minimum atomic E-state index is -0.172. The van der Waals surface area contributed by atoms with E-state index in [0.29, 0.717) is 5.56 Å². The van der Waals surface area contributed by atoms with Crippen molar-refractivity contribution in [1.82, 2.24) is 0 Å². The summed E-state index contributed by atoms with van der Waals surface area (Å²) >= 11 is 0. The molecule has 0 spiro atoms. The molecule has 2 heteroatoms. The number of nitrogens with two attached hydrogens (primary N) is 1. The molecule has 0 saturated heterocycles. The quantitative estimate of drug-likeness (QED) is 0.690. The van der Waals surface area contributed by atoms with Crippen molar-refractivity contribution >= 4 is 0 Å². The summed E-state index contributed by atoms with van der Waals surface area (Å²) in [5.74, 6) is -0.172. The smallest absolute Gasteiger partial charge is 0.126 e. The third-order valence-electron chi connectivity index (χ3n) is 2.39. The van der Waals surface area contributed by atoms with Crippen LogP contribution in [0.2, 0.25) is 0 Å². The van der Waals surface area contributed by atoms with Crippen LogP contribution in [0, 0.1) is 12.7 Å². The molecule has 1 aliphatic rings. The number of hydrogen-bond donors (Lipinski definition) is 1. The second kappa shape index (κ2) is 2.96. The molecule has 1 atom stereocenters. The van der Waals surface area contributed by atoms with Crippen LogP contribution in [0.25, 0.3) is 0 Å². The molecule has 1 nitrogen and oxygen atoms in total. The Morgan fingerprint density at radius 3 is 2.69 bits per heavy atom. The van der Waals surface area contributed by atoms with Gasteiger partial charge in [-0.2, -0.15) is 0 Å². The monoisotopic (exact) mass is 177 g/mol. The van der Waals surface area contributed by atoms with Gasteiger partial charge in [-0.05, 0) is 36.1 Å². The van der Waals surface area contributed by atoms with Gasteiger partial charge in [0, 0.05) is 0 Å². The van der Waals surface area contributed by atoms with E-state index < -0.39 is 0 Å². The molecule has 0 fully saturated rings. The molecule has 2 rings (SSSR count). The summed E-state index contributed by atoms with van der Waals surface area (Å²) in [6, 6.07) is 5.09. The van der Waals surface area contributed by atoms with Gasteiger partial charge < -0.3 is 5.73 Å². The summed E-state index contributed by atoms with van der Waals surface area (Å²) < 4.78 is 13.1. The van der Waals surface area contributed by atoms with Crippen LogP contribution < -0.4 is 5.73 Å². The number of allylic oxidation sites excluding steroid dienone is 1. The summed E-state index contributed by atoms with van der Waals surface area (Å²) in [5.41, 5.74) is 8.63. The van der Waals surface area contributed by atoms with E-state index in [4.69, 9.17) is 5.73 Å². The van der Waals surface area contributed by atoms with Crippen LogP contribution in [0.1, 0.15) is 23.6 Å². The van der Waals surface area contributed by atoms with Gasteiger partial charge in [0.05, 0.1) is 6.04 Å². The van der Waals surface area contributed by atoms with Crippen LogP contribution >= 0.6 is 0 Å². The van der Waals surface area contributed by atoms with E-state index in [-0.39, 0.29) is 11.9 Å². The summed E-state index contributed by atoms with van der Waals surface area (Å²) in [4.78, 5) is 0. The fourth-order valence-electron chi connectivity index (χ4n) is 1.33. The van der Waals surface area contributed by atoms with Crippen molar-refractivity contribution in [2.75, 3.05) is 0 Å². The van der Waals surface area contributed by atoms with E-state index in [2.05, 4.69) is 6.08 Å². The average Bonchev–Trinajstić information content (AvgIpc) is 2.91. The molecule has 2 N–H and O–H groups in total. The van der Waals surface area contributed by atoms with Gasteiger partial charge in [0.1, 0.15) is 5.82 Å². The lowest BCUT2D eigenvalue weighted by Gasteiger charge is -2.08. The SMILES string of the molecule is Cc1ccc([C@H](N)C2=CC2)cc1F.